The molecule has 0 bridgehead atoms. The first kappa shape index (κ1) is 13.9. The van der Waals surface area contributed by atoms with Crippen molar-refractivity contribution in [3.8, 4) is 0 Å². The lowest BCUT2D eigenvalue weighted by atomic mass is 9.75. The van der Waals surface area contributed by atoms with E-state index in [1.807, 2.05) is 0 Å². The fraction of sp³-hybridized carbons (Fsp3) is 0.875. The highest BCUT2D eigenvalue weighted by Crippen LogP contribution is 2.57. The van der Waals surface area contributed by atoms with Crippen LogP contribution in [0.25, 0.3) is 0 Å². The summed E-state index contributed by atoms with van der Waals surface area (Å²) < 4.78 is 0. The summed E-state index contributed by atoms with van der Waals surface area (Å²) in [7, 11) is 0. The van der Waals surface area contributed by atoms with Gasteiger partial charge in [-0.2, -0.15) is 0 Å². The summed E-state index contributed by atoms with van der Waals surface area (Å²) in [5.41, 5.74) is -0.986. The second-order valence-corrected chi connectivity index (χ2v) is 7.01. The monoisotopic (exact) mass is 279 g/mol. The molecule has 1 amide bonds. The Labute approximate surface area is 120 Å². The number of hydrogen-bond donors (Lipinski definition) is 2. The number of amides is 1. The minimum Gasteiger partial charge on any atom is -0.480 e. The molecule has 0 aromatic carbocycles. The molecule has 0 aliphatic heterocycles. The minimum absolute atomic E-state index is 0.0112. The van der Waals surface area contributed by atoms with Gasteiger partial charge in [-0.1, -0.05) is 19.8 Å². The van der Waals surface area contributed by atoms with Crippen molar-refractivity contribution in [3.63, 3.8) is 0 Å². The van der Waals surface area contributed by atoms with Crippen LogP contribution in [0.1, 0.15) is 58.3 Å². The highest BCUT2D eigenvalue weighted by atomic mass is 16.4. The smallest absolute Gasteiger partial charge is 0.329 e. The molecular formula is C16H25NO3. The van der Waals surface area contributed by atoms with E-state index >= 15 is 0 Å². The molecule has 0 aromatic rings. The molecule has 3 aliphatic rings. The minimum atomic E-state index is -0.986. The summed E-state index contributed by atoms with van der Waals surface area (Å²) in [5, 5.41) is 12.5. The zero-order chi connectivity index (χ0) is 14.3. The van der Waals surface area contributed by atoms with Crippen molar-refractivity contribution in [1.82, 2.24) is 5.32 Å². The SMILES string of the molecule is CCC1CCC(NC(=O)C2C3CCCC32)(C(=O)O)CC1. The van der Waals surface area contributed by atoms with Gasteiger partial charge in [0.1, 0.15) is 5.54 Å². The van der Waals surface area contributed by atoms with E-state index in [0.717, 1.165) is 32.1 Å². The Balaban J connectivity index is 1.63. The van der Waals surface area contributed by atoms with Crippen LogP contribution in [0, 0.1) is 23.7 Å². The molecule has 4 nitrogen and oxygen atoms in total. The molecule has 20 heavy (non-hydrogen) atoms. The number of hydrogen-bond acceptors (Lipinski definition) is 2. The predicted molar refractivity (Wildman–Crippen MR) is 75.1 cm³/mol. The molecule has 2 unspecified atom stereocenters. The van der Waals surface area contributed by atoms with E-state index in [1.165, 1.54) is 6.42 Å². The van der Waals surface area contributed by atoms with E-state index in [9.17, 15) is 14.7 Å². The zero-order valence-corrected chi connectivity index (χ0v) is 12.2. The molecule has 0 aromatic heterocycles. The van der Waals surface area contributed by atoms with Gasteiger partial charge in [0.05, 0.1) is 0 Å². The molecule has 0 radical (unpaired) electrons. The number of fused-ring (bicyclic) bond motifs is 1. The molecular weight excluding hydrogens is 254 g/mol. The quantitative estimate of drug-likeness (QED) is 0.831. The van der Waals surface area contributed by atoms with Crippen LogP contribution in [0.2, 0.25) is 0 Å². The van der Waals surface area contributed by atoms with Crippen LogP contribution in [0.4, 0.5) is 0 Å². The van der Waals surface area contributed by atoms with Crippen LogP contribution in [0.15, 0.2) is 0 Å². The van der Waals surface area contributed by atoms with Gasteiger partial charge in [-0.05, 0) is 56.3 Å². The number of aliphatic carboxylic acids is 1. The third-order valence-corrected chi connectivity index (χ3v) is 6.02. The Bertz CT molecular complexity index is 402. The summed E-state index contributed by atoms with van der Waals surface area (Å²) in [4.78, 5) is 24.1. The van der Waals surface area contributed by atoms with E-state index in [4.69, 9.17) is 0 Å². The van der Waals surface area contributed by atoms with Gasteiger partial charge < -0.3 is 10.4 Å². The van der Waals surface area contributed by atoms with Gasteiger partial charge in [0, 0.05) is 5.92 Å². The van der Waals surface area contributed by atoms with E-state index in [0.29, 0.717) is 30.6 Å². The molecule has 4 heteroatoms. The average Bonchev–Trinajstić information content (AvgIpc) is 2.93. The topological polar surface area (TPSA) is 66.4 Å². The molecule has 3 rings (SSSR count). The summed E-state index contributed by atoms with van der Waals surface area (Å²) in [5.74, 6) is 1.01. The third-order valence-electron chi connectivity index (χ3n) is 6.02. The summed E-state index contributed by atoms with van der Waals surface area (Å²) in [6, 6.07) is 0. The van der Waals surface area contributed by atoms with E-state index in [1.54, 1.807) is 0 Å². The third kappa shape index (κ3) is 2.23. The lowest BCUT2D eigenvalue weighted by Gasteiger charge is -2.37. The average molecular weight is 279 g/mol. The second kappa shape index (κ2) is 5.05. The molecule has 0 saturated heterocycles. The Morgan fingerprint density at radius 3 is 2.25 bits per heavy atom. The van der Waals surface area contributed by atoms with Gasteiger partial charge in [0.15, 0.2) is 0 Å². The molecule has 0 spiro atoms. The highest BCUT2D eigenvalue weighted by molar-refractivity contribution is 5.90. The van der Waals surface area contributed by atoms with Gasteiger partial charge in [-0.15, -0.1) is 0 Å². The number of carbonyl (C=O) groups excluding carboxylic acids is 1. The van der Waals surface area contributed by atoms with E-state index in [2.05, 4.69) is 12.2 Å². The maximum absolute atomic E-state index is 12.4. The van der Waals surface area contributed by atoms with Crippen molar-refractivity contribution in [1.29, 1.82) is 0 Å². The summed E-state index contributed by atoms with van der Waals surface area (Å²) >= 11 is 0. The van der Waals surface area contributed by atoms with Crippen LogP contribution in [0.5, 0.6) is 0 Å². The fourth-order valence-corrected chi connectivity index (χ4v) is 4.50. The van der Waals surface area contributed by atoms with Crippen molar-refractivity contribution in [2.75, 3.05) is 0 Å². The normalized spacial score (nSPS) is 42.9. The van der Waals surface area contributed by atoms with Crippen molar-refractivity contribution < 1.29 is 14.7 Å². The first-order valence-electron chi connectivity index (χ1n) is 8.13. The van der Waals surface area contributed by atoms with Crippen LogP contribution in [-0.4, -0.2) is 22.5 Å². The number of nitrogens with one attached hydrogen (secondary N) is 1. The van der Waals surface area contributed by atoms with Gasteiger partial charge in [-0.3, -0.25) is 4.79 Å². The van der Waals surface area contributed by atoms with E-state index < -0.39 is 11.5 Å². The second-order valence-electron chi connectivity index (χ2n) is 7.01. The molecule has 3 fully saturated rings. The first-order chi connectivity index (χ1) is 9.57. The summed E-state index contributed by atoms with van der Waals surface area (Å²) in [6.07, 6.45) is 7.67. The zero-order valence-electron chi connectivity index (χ0n) is 12.2. The van der Waals surface area contributed by atoms with Crippen LogP contribution < -0.4 is 5.32 Å². The molecule has 3 saturated carbocycles. The Kier molecular flexibility index (Phi) is 3.51. The first-order valence-corrected chi connectivity index (χ1v) is 8.13. The van der Waals surface area contributed by atoms with Crippen molar-refractivity contribution >= 4 is 11.9 Å². The number of carboxylic acid groups (broad SMARTS) is 1. The molecule has 3 aliphatic carbocycles. The van der Waals surface area contributed by atoms with Crippen molar-refractivity contribution in [3.05, 3.63) is 0 Å². The van der Waals surface area contributed by atoms with Crippen LogP contribution >= 0.6 is 0 Å². The Morgan fingerprint density at radius 2 is 1.75 bits per heavy atom. The largest absolute Gasteiger partial charge is 0.480 e. The van der Waals surface area contributed by atoms with Gasteiger partial charge >= 0.3 is 5.97 Å². The Morgan fingerprint density at radius 1 is 1.15 bits per heavy atom. The molecule has 2 N–H and O–H groups in total. The number of carboxylic acids is 1. The molecule has 112 valence electrons. The Hall–Kier alpha value is -1.06. The maximum Gasteiger partial charge on any atom is 0.329 e. The van der Waals surface area contributed by atoms with Crippen molar-refractivity contribution in [2.24, 2.45) is 23.7 Å². The van der Waals surface area contributed by atoms with Crippen molar-refractivity contribution in [2.45, 2.75) is 63.8 Å². The van der Waals surface area contributed by atoms with Gasteiger partial charge in [0.25, 0.3) is 0 Å². The lowest BCUT2D eigenvalue weighted by molar-refractivity contribution is -0.150. The van der Waals surface area contributed by atoms with Gasteiger partial charge in [0.2, 0.25) is 5.91 Å². The molecule has 2 atom stereocenters. The summed E-state index contributed by atoms with van der Waals surface area (Å²) in [6.45, 7) is 2.16. The standard InChI is InChI=1S/C16H25NO3/c1-2-10-6-8-16(9-7-10,15(19)20)17-14(18)13-11-4-3-5-12(11)13/h10-13H,2-9H2,1H3,(H,17,18)(H,19,20). The van der Waals surface area contributed by atoms with Crippen LogP contribution in [0.3, 0.4) is 0 Å². The fourth-order valence-electron chi connectivity index (χ4n) is 4.50. The molecule has 0 heterocycles. The number of rotatable bonds is 4. The lowest BCUT2D eigenvalue weighted by Crippen LogP contribution is -2.57. The van der Waals surface area contributed by atoms with Gasteiger partial charge in [-0.25, -0.2) is 4.79 Å². The number of carbonyl (C=O) groups is 2. The maximum atomic E-state index is 12.4. The predicted octanol–water partition coefficient (Wildman–Crippen LogP) is 2.57. The highest BCUT2D eigenvalue weighted by Gasteiger charge is 2.58. The van der Waals surface area contributed by atoms with Crippen LogP contribution in [-0.2, 0) is 9.59 Å². The van der Waals surface area contributed by atoms with E-state index in [-0.39, 0.29) is 11.8 Å².